The quantitative estimate of drug-likeness (QED) is 0.843. The Morgan fingerprint density at radius 2 is 1.48 bits per heavy atom. The summed E-state index contributed by atoms with van der Waals surface area (Å²) >= 11 is 0. The lowest BCUT2D eigenvalue weighted by atomic mass is 9.76. The summed E-state index contributed by atoms with van der Waals surface area (Å²) in [4.78, 5) is 0. The summed E-state index contributed by atoms with van der Waals surface area (Å²) in [5.41, 5.74) is 2.13. The van der Waals surface area contributed by atoms with Crippen molar-refractivity contribution in [3.63, 3.8) is 0 Å². The normalized spacial score (nSPS) is 18.8. The number of hydrogen-bond donors (Lipinski definition) is 1. The molecule has 0 bridgehead atoms. The van der Waals surface area contributed by atoms with Crippen molar-refractivity contribution in [2.75, 3.05) is 6.54 Å². The smallest absolute Gasteiger partial charge is 0.377 e. The standard InChI is InChI=1S/C18H22BNO/c1-19-20-15-9-8-14-18(21-19,16-10-4-2-5-11-16)17-12-6-3-7-13-17/h2-7,10-13,20H,8-9,14-15H2,1H3. The van der Waals surface area contributed by atoms with Crippen molar-refractivity contribution in [1.82, 2.24) is 5.23 Å². The molecule has 0 radical (unpaired) electrons. The largest absolute Gasteiger partial charge is 0.408 e. The summed E-state index contributed by atoms with van der Waals surface area (Å²) in [6, 6.07) is 21.2. The van der Waals surface area contributed by atoms with Crippen LogP contribution in [0.25, 0.3) is 0 Å². The van der Waals surface area contributed by atoms with Crippen molar-refractivity contribution < 1.29 is 4.65 Å². The van der Waals surface area contributed by atoms with Gasteiger partial charge in [0.1, 0.15) is 5.60 Å². The predicted molar refractivity (Wildman–Crippen MR) is 88.2 cm³/mol. The highest BCUT2D eigenvalue weighted by Gasteiger charge is 2.37. The molecule has 0 atom stereocenters. The van der Waals surface area contributed by atoms with Gasteiger partial charge in [0.25, 0.3) is 0 Å². The Kier molecular flexibility index (Phi) is 4.42. The van der Waals surface area contributed by atoms with Gasteiger partial charge in [-0.3, -0.25) is 0 Å². The minimum atomic E-state index is -0.352. The number of rotatable bonds is 2. The molecule has 1 heterocycles. The van der Waals surface area contributed by atoms with E-state index in [9.17, 15) is 0 Å². The highest BCUT2D eigenvalue weighted by atomic mass is 16.5. The second-order valence-corrected chi connectivity index (χ2v) is 5.73. The fourth-order valence-electron chi connectivity index (χ4n) is 3.21. The van der Waals surface area contributed by atoms with Crippen LogP contribution < -0.4 is 5.23 Å². The van der Waals surface area contributed by atoms with Gasteiger partial charge in [-0.25, -0.2) is 0 Å². The Labute approximate surface area is 127 Å². The molecule has 2 aromatic carbocycles. The summed E-state index contributed by atoms with van der Waals surface area (Å²) in [6.45, 7) is 3.13. The lowest BCUT2D eigenvalue weighted by Gasteiger charge is -2.39. The van der Waals surface area contributed by atoms with Crippen LogP contribution in [0.5, 0.6) is 0 Å². The maximum atomic E-state index is 6.54. The number of nitrogens with one attached hydrogen (secondary N) is 1. The van der Waals surface area contributed by atoms with Gasteiger partial charge in [-0.15, -0.1) is 0 Å². The fourth-order valence-corrected chi connectivity index (χ4v) is 3.21. The zero-order chi connectivity index (χ0) is 14.5. The van der Waals surface area contributed by atoms with E-state index >= 15 is 0 Å². The third-order valence-corrected chi connectivity index (χ3v) is 4.25. The summed E-state index contributed by atoms with van der Waals surface area (Å²) < 4.78 is 6.54. The molecule has 21 heavy (non-hydrogen) atoms. The molecule has 1 N–H and O–H groups in total. The predicted octanol–water partition coefficient (Wildman–Crippen LogP) is 3.84. The molecule has 2 aromatic rings. The highest BCUT2D eigenvalue weighted by molar-refractivity contribution is 6.47. The van der Waals surface area contributed by atoms with Crippen molar-refractivity contribution in [1.29, 1.82) is 0 Å². The second-order valence-electron chi connectivity index (χ2n) is 5.73. The zero-order valence-corrected chi connectivity index (χ0v) is 12.6. The molecule has 108 valence electrons. The molecule has 0 spiro atoms. The molecule has 1 aliphatic rings. The van der Waals surface area contributed by atoms with E-state index in [1.54, 1.807) is 0 Å². The summed E-state index contributed by atoms with van der Waals surface area (Å²) in [7, 11) is 0.0470. The first-order chi connectivity index (χ1) is 10.3. The summed E-state index contributed by atoms with van der Waals surface area (Å²) in [6.07, 6.45) is 3.37. The van der Waals surface area contributed by atoms with Gasteiger partial charge >= 0.3 is 7.05 Å². The molecule has 0 amide bonds. The number of benzene rings is 2. The van der Waals surface area contributed by atoms with Crippen LogP contribution >= 0.6 is 0 Å². The molecule has 2 nitrogen and oxygen atoms in total. The third-order valence-electron chi connectivity index (χ3n) is 4.25. The van der Waals surface area contributed by atoms with Gasteiger partial charge in [-0.1, -0.05) is 60.7 Å². The van der Waals surface area contributed by atoms with E-state index in [2.05, 4.69) is 72.7 Å². The summed E-state index contributed by atoms with van der Waals surface area (Å²) in [5, 5.41) is 3.46. The van der Waals surface area contributed by atoms with Crippen LogP contribution in [-0.4, -0.2) is 13.6 Å². The molecule has 1 fully saturated rings. The van der Waals surface area contributed by atoms with Crippen LogP contribution in [-0.2, 0) is 10.3 Å². The minimum Gasteiger partial charge on any atom is -0.408 e. The average molecular weight is 279 g/mol. The molecule has 3 heteroatoms. The van der Waals surface area contributed by atoms with Gasteiger partial charge in [-0.05, 0) is 43.8 Å². The molecule has 1 saturated heterocycles. The van der Waals surface area contributed by atoms with E-state index in [0.717, 1.165) is 19.4 Å². The van der Waals surface area contributed by atoms with Gasteiger partial charge in [0, 0.05) is 0 Å². The monoisotopic (exact) mass is 279 g/mol. The van der Waals surface area contributed by atoms with Gasteiger partial charge < -0.3 is 9.88 Å². The Balaban J connectivity index is 2.09. The van der Waals surface area contributed by atoms with Crippen molar-refractivity contribution in [3.8, 4) is 0 Å². The van der Waals surface area contributed by atoms with Crippen molar-refractivity contribution >= 4 is 7.05 Å². The maximum absolute atomic E-state index is 6.54. The van der Waals surface area contributed by atoms with Gasteiger partial charge in [0.15, 0.2) is 0 Å². The Morgan fingerprint density at radius 1 is 0.905 bits per heavy atom. The van der Waals surface area contributed by atoms with Crippen molar-refractivity contribution in [3.05, 3.63) is 71.8 Å². The molecule has 0 aliphatic carbocycles. The van der Waals surface area contributed by atoms with Gasteiger partial charge in [0.05, 0.1) is 0 Å². The topological polar surface area (TPSA) is 21.3 Å². The molecular formula is C18H22BNO. The van der Waals surface area contributed by atoms with Gasteiger partial charge in [0.2, 0.25) is 0 Å². The van der Waals surface area contributed by atoms with Crippen LogP contribution in [0.15, 0.2) is 60.7 Å². The molecule has 1 aliphatic heterocycles. The molecule has 3 rings (SSSR count). The highest BCUT2D eigenvalue weighted by Crippen LogP contribution is 2.39. The van der Waals surface area contributed by atoms with Gasteiger partial charge in [-0.2, -0.15) is 0 Å². The van der Waals surface area contributed by atoms with E-state index < -0.39 is 0 Å². The van der Waals surface area contributed by atoms with E-state index in [0.29, 0.717) is 0 Å². The molecular weight excluding hydrogens is 257 g/mol. The van der Waals surface area contributed by atoms with Crippen LogP contribution in [0, 0.1) is 0 Å². The Bertz CT molecular complexity index is 518. The second kappa shape index (κ2) is 6.46. The van der Waals surface area contributed by atoms with Crippen LogP contribution in [0.1, 0.15) is 30.4 Å². The average Bonchev–Trinajstić information content (AvgIpc) is 2.53. The minimum absolute atomic E-state index is 0.0470. The number of hydrogen-bond acceptors (Lipinski definition) is 2. The van der Waals surface area contributed by atoms with E-state index in [1.165, 1.54) is 17.5 Å². The van der Waals surface area contributed by atoms with E-state index in [-0.39, 0.29) is 12.7 Å². The van der Waals surface area contributed by atoms with Crippen molar-refractivity contribution in [2.24, 2.45) is 0 Å². The van der Waals surface area contributed by atoms with Crippen molar-refractivity contribution in [2.45, 2.75) is 31.7 Å². The van der Waals surface area contributed by atoms with E-state index in [1.807, 2.05) is 0 Å². The molecule has 0 unspecified atom stereocenters. The first-order valence-electron chi connectivity index (χ1n) is 7.83. The first kappa shape index (κ1) is 14.4. The molecule has 0 saturated carbocycles. The first-order valence-corrected chi connectivity index (χ1v) is 7.83. The van der Waals surface area contributed by atoms with Crippen LogP contribution in [0.2, 0.25) is 6.82 Å². The van der Waals surface area contributed by atoms with E-state index in [4.69, 9.17) is 4.65 Å². The summed E-state index contributed by atoms with van der Waals surface area (Å²) in [5.74, 6) is 0. The Hall–Kier alpha value is -1.58. The Morgan fingerprint density at radius 3 is 2.05 bits per heavy atom. The fraction of sp³-hybridized carbons (Fsp3) is 0.333. The lowest BCUT2D eigenvalue weighted by molar-refractivity contribution is 0.0871. The maximum Gasteiger partial charge on any atom is 0.377 e. The molecule has 0 aromatic heterocycles. The van der Waals surface area contributed by atoms with Crippen LogP contribution in [0.4, 0.5) is 0 Å². The zero-order valence-electron chi connectivity index (χ0n) is 12.6. The lowest BCUT2D eigenvalue weighted by Crippen LogP contribution is -2.45. The van der Waals surface area contributed by atoms with Crippen LogP contribution in [0.3, 0.4) is 0 Å². The SMILES string of the molecule is CB1NCCCCC(c2ccccc2)(c2ccccc2)O1. The third kappa shape index (κ3) is 3.04.